The number of halogens is 1. The van der Waals surface area contributed by atoms with Crippen LogP contribution in [0, 0.1) is 17.0 Å². The van der Waals surface area contributed by atoms with Crippen LogP contribution in [0.25, 0.3) is 0 Å². The van der Waals surface area contributed by atoms with Crippen LogP contribution >= 0.6 is 22.9 Å². The number of benzene rings is 1. The molecule has 1 heterocycles. The number of amides is 1. The summed E-state index contributed by atoms with van der Waals surface area (Å²) in [5.74, 6) is -0.305. The molecule has 0 saturated carbocycles. The van der Waals surface area contributed by atoms with Crippen LogP contribution in [-0.4, -0.2) is 27.8 Å². The molecule has 0 bridgehead atoms. The molecule has 21 heavy (non-hydrogen) atoms. The number of aryl methyl sites for hydroxylation is 1. The first-order valence-corrected chi connectivity index (χ1v) is 7.24. The van der Waals surface area contributed by atoms with E-state index in [-0.39, 0.29) is 22.2 Å². The number of hydrogen-bond acceptors (Lipinski definition) is 5. The van der Waals surface area contributed by atoms with Crippen molar-refractivity contribution in [3.05, 3.63) is 55.0 Å². The maximum Gasteiger partial charge on any atom is 0.270 e. The maximum absolute atomic E-state index is 12.3. The Morgan fingerprint density at radius 2 is 2.24 bits per heavy atom. The number of nitro groups is 1. The number of non-ortho nitro benzene ring substituents is 1. The Hall–Kier alpha value is -1.99. The summed E-state index contributed by atoms with van der Waals surface area (Å²) in [6.07, 6.45) is 0. The smallest absolute Gasteiger partial charge is 0.270 e. The van der Waals surface area contributed by atoms with E-state index in [1.807, 2.05) is 12.3 Å². The molecule has 1 aromatic carbocycles. The van der Waals surface area contributed by atoms with Crippen LogP contribution in [0.15, 0.2) is 23.6 Å². The van der Waals surface area contributed by atoms with E-state index in [0.717, 1.165) is 10.7 Å². The monoisotopic (exact) mass is 325 g/mol. The van der Waals surface area contributed by atoms with E-state index in [9.17, 15) is 14.9 Å². The predicted octanol–water partition coefficient (Wildman–Crippen LogP) is 3.29. The van der Waals surface area contributed by atoms with Crippen molar-refractivity contribution < 1.29 is 9.72 Å². The van der Waals surface area contributed by atoms with E-state index in [2.05, 4.69) is 4.98 Å². The fourth-order valence-electron chi connectivity index (χ4n) is 1.79. The van der Waals surface area contributed by atoms with Gasteiger partial charge in [-0.05, 0) is 13.0 Å². The largest absolute Gasteiger partial charge is 0.336 e. The van der Waals surface area contributed by atoms with Gasteiger partial charge >= 0.3 is 0 Å². The zero-order chi connectivity index (χ0) is 15.6. The molecule has 8 heteroatoms. The van der Waals surface area contributed by atoms with Gasteiger partial charge in [-0.15, -0.1) is 11.3 Å². The Labute approximate surface area is 130 Å². The van der Waals surface area contributed by atoms with Gasteiger partial charge in [-0.25, -0.2) is 4.98 Å². The third kappa shape index (κ3) is 3.56. The summed E-state index contributed by atoms with van der Waals surface area (Å²) in [5.41, 5.74) is 0.887. The third-order valence-corrected chi connectivity index (χ3v) is 3.94. The molecule has 0 aliphatic carbocycles. The van der Waals surface area contributed by atoms with E-state index < -0.39 is 4.92 Å². The molecule has 0 aliphatic heterocycles. The van der Waals surface area contributed by atoms with Crippen LogP contribution in [0.2, 0.25) is 5.02 Å². The molecule has 1 amide bonds. The lowest BCUT2D eigenvalue weighted by atomic mass is 10.2. The topological polar surface area (TPSA) is 76.3 Å². The summed E-state index contributed by atoms with van der Waals surface area (Å²) in [6.45, 7) is 2.25. The Kier molecular flexibility index (Phi) is 4.54. The first-order valence-electron chi connectivity index (χ1n) is 5.99. The summed E-state index contributed by atoms with van der Waals surface area (Å²) in [5, 5.41) is 13.5. The minimum atomic E-state index is -0.554. The number of nitro benzene ring substituents is 1. The molecule has 0 saturated heterocycles. The molecular formula is C13H12ClN3O3S. The number of carbonyl (C=O) groups is 1. The second-order valence-corrected chi connectivity index (χ2v) is 5.91. The average Bonchev–Trinajstić information content (AvgIpc) is 2.83. The van der Waals surface area contributed by atoms with Crippen molar-refractivity contribution in [2.45, 2.75) is 13.5 Å². The van der Waals surface area contributed by atoms with Gasteiger partial charge in [0.25, 0.3) is 11.6 Å². The first kappa shape index (κ1) is 15.4. The highest BCUT2D eigenvalue weighted by atomic mass is 35.5. The zero-order valence-corrected chi connectivity index (χ0v) is 12.9. The van der Waals surface area contributed by atoms with Crippen molar-refractivity contribution in [2.24, 2.45) is 0 Å². The summed E-state index contributed by atoms with van der Waals surface area (Å²) < 4.78 is 0. The van der Waals surface area contributed by atoms with Crippen molar-refractivity contribution in [2.75, 3.05) is 7.05 Å². The molecule has 0 fully saturated rings. The normalized spacial score (nSPS) is 10.4. The number of aromatic nitrogens is 1. The lowest BCUT2D eigenvalue weighted by molar-refractivity contribution is -0.384. The number of nitrogens with zero attached hydrogens (tertiary/aromatic N) is 3. The zero-order valence-electron chi connectivity index (χ0n) is 11.4. The van der Waals surface area contributed by atoms with Gasteiger partial charge in [0.05, 0.1) is 32.8 Å². The van der Waals surface area contributed by atoms with Crippen LogP contribution in [-0.2, 0) is 6.54 Å². The van der Waals surface area contributed by atoms with Crippen LogP contribution in [0.1, 0.15) is 21.1 Å². The van der Waals surface area contributed by atoms with E-state index in [1.165, 1.54) is 34.4 Å². The third-order valence-electron chi connectivity index (χ3n) is 2.81. The number of thiazole rings is 1. The van der Waals surface area contributed by atoms with Crippen molar-refractivity contribution in [1.29, 1.82) is 0 Å². The van der Waals surface area contributed by atoms with Gasteiger partial charge in [-0.2, -0.15) is 0 Å². The Bertz CT molecular complexity index is 702. The number of carbonyl (C=O) groups excluding carboxylic acids is 1. The quantitative estimate of drug-likeness (QED) is 0.638. The molecular weight excluding hydrogens is 314 g/mol. The van der Waals surface area contributed by atoms with Gasteiger partial charge in [-0.3, -0.25) is 14.9 Å². The minimum Gasteiger partial charge on any atom is -0.336 e. The van der Waals surface area contributed by atoms with E-state index in [4.69, 9.17) is 11.6 Å². The second-order valence-electron chi connectivity index (χ2n) is 4.44. The molecule has 0 unspecified atom stereocenters. The van der Waals surface area contributed by atoms with Crippen LogP contribution in [0.5, 0.6) is 0 Å². The fourth-order valence-corrected chi connectivity index (χ4v) is 2.65. The maximum atomic E-state index is 12.3. The molecule has 0 spiro atoms. The lowest BCUT2D eigenvalue weighted by Crippen LogP contribution is -2.26. The van der Waals surface area contributed by atoms with Crippen LogP contribution < -0.4 is 0 Å². The van der Waals surface area contributed by atoms with E-state index >= 15 is 0 Å². The van der Waals surface area contributed by atoms with Gasteiger partial charge in [-0.1, -0.05) is 11.6 Å². The molecule has 0 aliphatic rings. The van der Waals surface area contributed by atoms with E-state index in [0.29, 0.717) is 6.54 Å². The van der Waals surface area contributed by atoms with Gasteiger partial charge in [0.1, 0.15) is 0 Å². The average molecular weight is 326 g/mol. The highest BCUT2D eigenvalue weighted by Gasteiger charge is 2.18. The van der Waals surface area contributed by atoms with Crippen LogP contribution in [0.4, 0.5) is 5.69 Å². The molecule has 0 atom stereocenters. The molecule has 0 radical (unpaired) electrons. The number of hydrogen-bond donors (Lipinski definition) is 0. The van der Waals surface area contributed by atoms with Gasteiger partial charge in [0, 0.05) is 24.6 Å². The van der Waals surface area contributed by atoms with Crippen molar-refractivity contribution >= 4 is 34.5 Å². The fraction of sp³-hybridized carbons (Fsp3) is 0.231. The minimum absolute atomic E-state index is 0.0653. The molecule has 6 nitrogen and oxygen atoms in total. The van der Waals surface area contributed by atoms with Gasteiger partial charge in [0.15, 0.2) is 0 Å². The molecule has 2 aromatic rings. The lowest BCUT2D eigenvalue weighted by Gasteiger charge is -2.16. The highest BCUT2D eigenvalue weighted by molar-refractivity contribution is 7.09. The first-order chi connectivity index (χ1) is 9.88. The SMILES string of the molecule is Cc1nc(CN(C)C(=O)c2ccc([N+](=O)[O-])cc2Cl)cs1. The number of rotatable bonds is 4. The summed E-state index contributed by atoms with van der Waals surface area (Å²) in [6, 6.07) is 3.81. The molecule has 2 rings (SSSR count). The molecule has 0 N–H and O–H groups in total. The summed E-state index contributed by atoms with van der Waals surface area (Å²) in [4.78, 5) is 28.2. The summed E-state index contributed by atoms with van der Waals surface area (Å²) in [7, 11) is 1.63. The van der Waals surface area contributed by atoms with E-state index in [1.54, 1.807) is 7.05 Å². The Balaban J connectivity index is 2.17. The van der Waals surface area contributed by atoms with Gasteiger partial charge in [0.2, 0.25) is 0 Å². The van der Waals surface area contributed by atoms with Crippen LogP contribution in [0.3, 0.4) is 0 Å². The van der Waals surface area contributed by atoms with Crippen molar-refractivity contribution in [3.8, 4) is 0 Å². The Morgan fingerprint density at radius 3 is 2.76 bits per heavy atom. The second kappa shape index (κ2) is 6.19. The Morgan fingerprint density at radius 1 is 1.52 bits per heavy atom. The summed E-state index contributed by atoms with van der Waals surface area (Å²) >= 11 is 7.47. The van der Waals surface area contributed by atoms with Gasteiger partial charge < -0.3 is 4.90 Å². The van der Waals surface area contributed by atoms with Crippen molar-refractivity contribution in [3.63, 3.8) is 0 Å². The highest BCUT2D eigenvalue weighted by Crippen LogP contribution is 2.24. The predicted molar refractivity (Wildman–Crippen MR) is 80.8 cm³/mol. The molecule has 110 valence electrons. The molecule has 1 aromatic heterocycles. The standard InChI is InChI=1S/C13H12ClN3O3S/c1-8-15-9(7-21-8)6-16(2)13(18)11-4-3-10(17(19)20)5-12(11)14/h3-5,7H,6H2,1-2H3. The van der Waals surface area contributed by atoms with Crippen molar-refractivity contribution in [1.82, 2.24) is 9.88 Å².